The van der Waals surface area contributed by atoms with Crippen molar-refractivity contribution in [3.05, 3.63) is 64.1 Å². The van der Waals surface area contributed by atoms with Crippen LogP contribution in [0.15, 0.2) is 53.0 Å². The maximum atomic E-state index is 13.2. The first kappa shape index (κ1) is 23.9. The van der Waals surface area contributed by atoms with Crippen LogP contribution in [0.4, 0.5) is 0 Å². The number of rotatable bonds is 10. The molecule has 0 fully saturated rings. The van der Waals surface area contributed by atoms with E-state index in [9.17, 15) is 9.59 Å². The van der Waals surface area contributed by atoms with Gasteiger partial charge in [0.15, 0.2) is 6.61 Å². The minimum atomic E-state index is -0.556. The van der Waals surface area contributed by atoms with Crippen molar-refractivity contribution in [3.8, 4) is 5.75 Å². The van der Waals surface area contributed by atoms with E-state index in [0.717, 1.165) is 22.0 Å². The summed E-state index contributed by atoms with van der Waals surface area (Å²) in [5.74, 6) is 0.268. The van der Waals surface area contributed by atoms with Gasteiger partial charge in [-0.15, -0.1) is 0 Å². The molecule has 0 aliphatic heterocycles. The minimum absolute atomic E-state index is 0.0565. The Labute approximate surface area is 187 Å². The van der Waals surface area contributed by atoms with Crippen LogP contribution in [0.5, 0.6) is 5.75 Å². The van der Waals surface area contributed by atoms with Gasteiger partial charge >= 0.3 is 0 Å². The molecule has 2 aromatic rings. The second-order valence-corrected chi connectivity index (χ2v) is 8.35. The van der Waals surface area contributed by atoms with Gasteiger partial charge in [0.05, 0.1) is 0 Å². The molecule has 0 saturated carbocycles. The molecule has 0 aliphatic carbocycles. The van der Waals surface area contributed by atoms with E-state index in [4.69, 9.17) is 4.74 Å². The molecule has 0 saturated heterocycles. The smallest absolute Gasteiger partial charge is 0.261 e. The molecule has 0 unspecified atom stereocenters. The number of hydrogen-bond donors (Lipinski definition) is 1. The lowest BCUT2D eigenvalue weighted by atomic mass is 10.1. The maximum Gasteiger partial charge on any atom is 0.261 e. The highest BCUT2D eigenvalue weighted by atomic mass is 79.9. The quantitative estimate of drug-likeness (QED) is 0.534. The van der Waals surface area contributed by atoms with Gasteiger partial charge in [-0.2, -0.15) is 0 Å². The fraction of sp³-hybridized carbons (Fsp3) is 0.417. The van der Waals surface area contributed by atoms with Gasteiger partial charge in [-0.05, 0) is 62.1 Å². The highest BCUT2D eigenvalue weighted by Crippen LogP contribution is 2.18. The summed E-state index contributed by atoms with van der Waals surface area (Å²) < 4.78 is 6.64. The van der Waals surface area contributed by atoms with Crippen molar-refractivity contribution in [2.75, 3.05) is 6.61 Å². The van der Waals surface area contributed by atoms with Crippen molar-refractivity contribution in [1.29, 1.82) is 0 Å². The van der Waals surface area contributed by atoms with Gasteiger partial charge in [-0.3, -0.25) is 9.59 Å². The normalized spacial score (nSPS) is 12.7. The molecule has 1 N–H and O–H groups in total. The van der Waals surface area contributed by atoms with Crippen molar-refractivity contribution in [2.24, 2.45) is 0 Å². The molecule has 0 aliphatic rings. The first-order valence-corrected chi connectivity index (χ1v) is 11.2. The summed E-state index contributed by atoms with van der Waals surface area (Å²) >= 11 is 3.39. The lowest BCUT2D eigenvalue weighted by Crippen LogP contribution is -2.51. The lowest BCUT2D eigenvalue weighted by Gasteiger charge is -2.31. The maximum absolute atomic E-state index is 13.2. The first-order valence-electron chi connectivity index (χ1n) is 10.4. The summed E-state index contributed by atoms with van der Waals surface area (Å²) in [6.07, 6.45) is 1.36. The van der Waals surface area contributed by atoms with Crippen molar-refractivity contribution < 1.29 is 14.3 Å². The monoisotopic (exact) mass is 474 g/mol. The van der Waals surface area contributed by atoms with E-state index in [2.05, 4.69) is 21.2 Å². The van der Waals surface area contributed by atoms with Crippen molar-refractivity contribution in [3.63, 3.8) is 0 Å². The Bertz CT molecular complexity index is 839. The SMILES string of the molecule is CC[C@@H](C)NC(=O)[C@H](CC)N(Cc1ccccc1C)C(=O)COc1ccc(Br)cc1. The van der Waals surface area contributed by atoms with Gasteiger partial charge in [0, 0.05) is 17.1 Å². The van der Waals surface area contributed by atoms with E-state index >= 15 is 0 Å². The van der Waals surface area contributed by atoms with Crippen LogP contribution in [0.2, 0.25) is 0 Å². The highest BCUT2D eigenvalue weighted by molar-refractivity contribution is 9.10. The first-order chi connectivity index (χ1) is 14.3. The zero-order valence-electron chi connectivity index (χ0n) is 18.2. The number of halogens is 1. The minimum Gasteiger partial charge on any atom is -0.484 e. The Balaban J connectivity index is 2.21. The van der Waals surface area contributed by atoms with E-state index in [-0.39, 0.29) is 24.5 Å². The third kappa shape index (κ3) is 6.87. The van der Waals surface area contributed by atoms with Crippen LogP contribution >= 0.6 is 15.9 Å². The number of benzene rings is 2. The zero-order valence-corrected chi connectivity index (χ0v) is 19.7. The number of nitrogens with one attached hydrogen (secondary N) is 1. The summed E-state index contributed by atoms with van der Waals surface area (Å²) in [6, 6.07) is 14.7. The van der Waals surface area contributed by atoms with Crippen molar-refractivity contribution in [1.82, 2.24) is 10.2 Å². The lowest BCUT2D eigenvalue weighted by molar-refractivity contribution is -0.143. The number of amides is 2. The largest absolute Gasteiger partial charge is 0.484 e. The Kier molecular flexibility index (Phi) is 9.37. The van der Waals surface area contributed by atoms with E-state index in [1.54, 1.807) is 17.0 Å². The average Bonchev–Trinajstić information content (AvgIpc) is 2.74. The third-order valence-corrected chi connectivity index (χ3v) is 5.69. The number of nitrogens with zero attached hydrogens (tertiary/aromatic N) is 1. The molecule has 0 heterocycles. The predicted octanol–water partition coefficient (Wildman–Crippen LogP) is 4.86. The number of hydrogen-bond acceptors (Lipinski definition) is 3. The summed E-state index contributed by atoms with van der Waals surface area (Å²) in [6.45, 7) is 8.16. The molecule has 0 aromatic heterocycles. The molecule has 2 rings (SSSR count). The van der Waals surface area contributed by atoms with Gasteiger partial charge in [0.2, 0.25) is 5.91 Å². The second kappa shape index (κ2) is 11.7. The van der Waals surface area contributed by atoms with E-state index < -0.39 is 6.04 Å². The third-order valence-electron chi connectivity index (χ3n) is 5.16. The summed E-state index contributed by atoms with van der Waals surface area (Å²) in [7, 11) is 0. The molecule has 2 amide bonds. The van der Waals surface area contributed by atoms with Crippen LogP contribution in [0.25, 0.3) is 0 Å². The number of carbonyl (C=O) groups excluding carboxylic acids is 2. The Hall–Kier alpha value is -2.34. The standard InChI is InChI=1S/C24H31BrN2O3/c1-5-18(4)26-24(29)22(6-2)27(15-19-10-8-7-9-17(19)3)23(28)16-30-21-13-11-20(25)12-14-21/h7-14,18,22H,5-6,15-16H2,1-4H3,(H,26,29)/t18-,22+/m1/s1. The molecular formula is C24H31BrN2O3. The highest BCUT2D eigenvalue weighted by Gasteiger charge is 2.29. The predicted molar refractivity (Wildman–Crippen MR) is 123 cm³/mol. The number of aryl methyl sites for hydroxylation is 1. The average molecular weight is 475 g/mol. The molecule has 30 heavy (non-hydrogen) atoms. The van der Waals surface area contributed by atoms with Crippen molar-refractivity contribution in [2.45, 2.75) is 59.2 Å². The molecule has 0 radical (unpaired) electrons. The fourth-order valence-electron chi connectivity index (χ4n) is 3.09. The Morgan fingerprint density at radius 2 is 1.73 bits per heavy atom. The van der Waals surface area contributed by atoms with Gasteiger partial charge < -0.3 is 15.0 Å². The van der Waals surface area contributed by atoms with Crippen LogP contribution in [-0.4, -0.2) is 35.4 Å². The molecule has 5 nitrogen and oxygen atoms in total. The summed E-state index contributed by atoms with van der Waals surface area (Å²) in [5.41, 5.74) is 2.10. The molecule has 162 valence electrons. The zero-order chi connectivity index (χ0) is 22.1. The number of ether oxygens (including phenoxy) is 1. The van der Waals surface area contributed by atoms with Crippen LogP contribution in [-0.2, 0) is 16.1 Å². The van der Waals surface area contributed by atoms with E-state index in [1.165, 1.54) is 0 Å². The van der Waals surface area contributed by atoms with Gasteiger partial charge in [-0.25, -0.2) is 0 Å². The Morgan fingerprint density at radius 3 is 2.33 bits per heavy atom. The summed E-state index contributed by atoms with van der Waals surface area (Å²) in [5, 5.41) is 3.02. The van der Waals surface area contributed by atoms with E-state index in [0.29, 0.717) is 18.7 Å². The van der Waals surface area contributed by atoms with Crippen molar-refractivity contribution >= 4 is 27.7 Å². The van der Waals surface area contributed by atoms with Gasteiger partial charge in [0.1, 0.15) is 11.8 Å². The molecule has 2 atom stereocenters. The molecule has 0 bridgehead atoms. The van der Waals surface area contributed by atoms with Crippen LogP contribution in [0, 0.1) is 6.92 Å². The summed E-state index contributed by atoms with van der Waals surface area (Å²) in [4.78, 5) is 27.7. The molecule has 0 spiro atoms. The van der Waals surface area contributed by atoms with Crippen LogP contribution < -0.4 is 10.1 Å². The second-order valence-electron chi connectivity index (χ2n) is 7.43. The Morgan fingerprint density at radius 1 is 1.07 bits per heavy atom. The molecular weight excluding hydrogens is 444 g/mol. The van der Waals surface area contributed by atoms with Crippen LogP contribution in [0.3, 0.4) is 0 Å². The number of carbonyl (C=O) groups is 2. The van der Waals surface area contributed by atoms with Gasteiger partial charge in [0.25, 0.3) is 5.91 Å². The molecule has 6 heteroatoms. The van der Waals surface area contributed by atoms with Gasteiger partial charge in [-0.1, -0.05) is 54.0 Å². The topological polar surface area (TPSA) is 58.6 Å². The van der Waals surface area contributed by atoms with Crippen LogP contribution in [0.1, 0.15) is 44.7 Å². The molecule has 2 aromatic carbocycles. The fourth-order valence-corrected chi connectivity index (χ4v) is 3.35. The van der Waals surface area contributed by atoms with E-state index in [1.807, 2.05) is 64.1 Å².